The van der Waals surface area contributed by atoms with Crippen LogP contribution in [-0.2, 0) is 0 Å². The number of benzene rings is 5. The van der Waals surface area contributed by atoms with Crippen LogP contribution in [0.5, 0.6) is 0 Å². The summed E-state index contributed by atoms with van der Waals surface area (Å²) in [6.07, 6.45) is 9.15. The lowest BCUT2D eigenvalue weighted by molar-refractivity contribution is 0.574. The Balaban J connectivity index is 1.40. The third-order valence-electron chi connectivity index (χ3n) is 8.14. The molecule has 0 saturated heterocycles. The summed E-state index contributed by atoms with van der Waals surface area (Å²) in [4.78, 5) is 0. The van der Waals surface area contributed by atoms with Gasteiger partial charge in [0.05, 0.1) is 22.8 Å². The lowest BCUT2D eigenvalue weighted by atomic mass is 9.86. The number of hydrogen-bond donors (Lipinski definition) is 0. The highest BCUT2D eigenvalue weighted by molar-refractivity contribution is 6.10. The zero-order valence-electron chi connectivity index (χ0n) is 20.9. The predicted octanol–water partition coefficient (Wildman–Crippen LogP) is 9.34. The molecule has 0 fully saturated rings. The minimum atomic E-state index is 0.152. The number of nitrogens with zero attached hydrogens (tertiary/aromatic N) is 2. The first-order chi connectivity index (χ1) is 18.9. The summed E-state index contributed by atoms with van der Waals surface area (Å²) in [5.41, 5.74) is 7.60. The normalized spacial score (nSPS) is 17.3. The van der Waals surface area contributed by atoms with Crippen molar-refractivity contribution in [3.05, 3.63) is 151 Å². The molecule has 38 heavy (non-hydrogen) atoms. The van der Waals surface area contributed by atoms with Gasteiger partial charge in [-0.05, 0) is 35.9 Å². The van der Waals surface area contributed by atoms with Gasteiger partial charge in [-0.3, -0.25) is 0 Å². The number of allylic oxidation sites excluding steroid dienone is 4. The number of rotatable bonds is 3. The van der Waals surface area contributed by atoms with Gasteiger partial charge in [-0.15, -0.1) is 0 Å². The molecule has 2 heterocycles. The number of hydrogen-bond acceptors (Lipinski definition) is 0. The van der Waals surface area contributed by atoms with Gasteiger partial charge < -0.3 is 9.13 Å². The standard InChI is InChI=1S/C36H26N2/c1-7-19-31-25(13-1)26-14-2-8-20-32(26)37(31)35-23-11-5-17-29(35)30-18-6-12-24-36(30)38-33-21-9-3-15-27(33)28-16-4-10-22-34(28)38/h1-24,29,35H. The van der Waals surface area contributed by atoms with Crippen LogP contribution >= 0.6 is 0 Å². The zero-order valence-corrected chi connectivity index (χ0v) is 20.9. The molecule has 2 nitrogen and oxygen atoms in total. The second-order valence-corrected chi connectivity index (χ2v) is 10.1. The van der Waals surface area contributed by atoms with Crippen LogP contribution in [0.25, 0.3) is 49.3 Å². The van der Waals surface area contributed by atoms with Crippen LogP contribution in [0.3, 0.4) is 0 Å². The molecule has 2 heteroatoms. The number of aromatic nitrogens is 2. The molecule has 0 amide bonds. The average molecular weight is 487 g/mol. The van der Waals surface area contributed by atoms with E-state index in [0.29, 0.717) is 0 Å². The summed E-state index contributed by atoms with van der Waals surface area (Å²) in [5.74, 6) is 0.176. The van der Waals surface area contributed by atoms with Crippen molar-refractivity contribution in [3.8, 4) is 5.69 Å². The summed E-state index contributed by atoms with van der Waals surface area (Å²) in [5, 5.41) is 5.19. The molecule has 2 atom stereocenters. The van der Waals surface area contributed by atoms with Crippen LogP contribution in [0, 0.1) is 0 Å². The molecule has 2 aromatic heterocycles. The Bertz CT molecular complexity index is 1940. The summed E-state index contributed by atoms with van der Waals surface area (Å²) in [7, 11) is 0. The van der Waals surface area contributed by atoms with E-state index in [0.717, 1.165) is 0 Å². The summed E-state index contributed by atoms with van der Waals surface area (Å²) >= 11 is 0. The molecular weight excluding hydrogens is 460 g/mol. The van der Waals surface area contributed by atoms with Gasteiger partial charge >= 0.3 is 0 Å². The van der Waals surface area contributed by atoms with E-state index in [2.05, 4.69) is 155 Å². The van der Waals surface area contributed by atoms with Crippen molar-refractivity contribution in [2.24, 2.45) is 0 Å². The van der Waals surface area contributed by atoms with Gasteiger partial charge in [0.2, 0.25) is 0 Å². The Hall–Kier alpha value is -4.82. The first-order valence-corrected chi connectivity index (χ1v) is 13.3. The smallest absolute Gasteiger partial charge is 0.0629 e. The Labute approximate surface area is 221 Å². The Morgan fingerprint density at radius 3 is 1.47 bits per heavy atom. The van der Waals surface area contributed by atoms with E-state index in [1.807, 2.05) is 0 Å². The SMILES string of the molecule is C1=CC(c2ccccc2-n2c3ccccc3c3ccccc32)C(n2c3ccccc3c3ccccc32)C=C1. The number of para-hydroxylation sites is 5. The molecule has 0 aliphatic heterocycles. The molecule has 2 unspecified atom stereocenters. The molecule has 5 aromatic carbocycles. The maximum absolute atomic E-state index is 2.54. The highest BCUT2D eigenvalue weighted by atomic mass is 15.0. The van der Waals surface area contributed by atoms with E-state index in [-0.39, 0.29) is 12.0 Å². The van der Waals surface area contributed by atoms with Gasteiger partial charge in [0.1, 0.15) is 0 Å². The van der Waals surface area contributed by atoms with Crippen LogP contribution in [0.1, 0.15) is 17.5 Å². The molecular formula is C36H26N2. The highest BCUT2D eigenvalue weighted by Crippen LogP contribution is 2.43. The molecule has 1 aliphatic rings. The topological polar surface area (TPSA) is 9.86 Å². The van der Waals surface area contributed by atoms with E-state index in [9.17, 15) is 0 Å². The van der Waals surface area contributed by atoms with Gasteiger partial charge in [-0.2, -0.15) is 0 Å². The molecule has 1 aliphatic carbocycles. The Morgan fingerprint density at radius 1 is 0.421 bits per heavy atom. The molecule has 0 N–H and O–H groups in total. The van der Waals surface area contributed by atoms with E-state index in [1.54, 1.807) is 0 Å². The molecule has 7 aromatic rings. The molecule has 0 bridgehead atoms. The van der Waals surface area contributed by atoms with Gasteiger partial charge in [0.25, 0.3) is 0 Å². The number of fused-ring (bicyclic) bond motifs is 6. The van der Waals surface area contributed by atoms with E-state index in [1.165, 1.54) is 54.9 Å². The average Bonchev–Trinajstić information content (AvgIpc) is 3.50. The van der Waals surface area contributed by atoms with Crippen molar-refractivity contribution in [2.75, 3.05) is 0 Å². The van der Waals surface area contributed by atoms with Gasteiger partial charge in [-0.1, -0.05) is 115 Å². The van der Waals surface area contributed by atoms with Crippen LogP contribution in [0.4, 0.5) is 0 Å². The largest absolute Gasteiger partial charge is 0.332 e. The Kier molecular flexibility index (Phi) is 4.68. The minimum absolute atomic E-state index is 0.152. The van der Waals surface area contributed by atoms with Crippen molar-refractivity contribution in [1.82, 2.24) is 9.13 Å². The molecule has 8 rings (SSSR count). The Morgan fingerprint density at radius 2 is 0.868 bits per heavy atom. The summed E-state index contributed by atoms with van der Waals surface area (Å²) in [6.45, 7) is 0. The second kappa shape index (κ2) is 8.36. The summed E-state index contributed by atoms with van der Waals surface area (Å²) in [6, 6.07) is 44.2. The van der Waals surface area contributed by atoms with Crippen LogP contribution < -0.4 is 0 Å². The van der Waals surface area contributed by atoms with Crippen LogP contribution in [0.15, 0.2) is 146 Å². The maximum Gasteiger partial charge on any atom is 0.0629 e. The van der Waals surface area contributed by atoms with Crippen LogP contribution in [0.2, 0.25) is 0 Å². The van der Waals surface area contributed by atoms with E-state index in [4.69, 9.17) is 0 Å². The van der Waals surface area contributed by atoms with Crippen molar-refractivity contribution in [3.63, 3.8) is 0 Å². The van der Waals surface area contributed by atoms with Gasteiger partial charge in [0, 0.05) is 38.5 Å². The highest BCUT2D eigenvalue weighted by Gasteiger charge is 2.28. The lowest BCUT2D eigenvalue weighted by Gasteiger charge is -2.29. The van der Waals surface area contributed by atoms with E-state index < -0.39 is 0 Å². The van der Waals surface area contributed by atoms with Crippen molar-refractivity contribution in [2.45, 2.75) is 12.0 Å². The molecule has 180 valence electrons. The van der Waals surface area contributed by atoms with Crippen molar-refractivity contribution < 1.29 is 0 Å². The van der Waals surface area contributed by atoms with E-state index >= 15 is 0 Å². The fraction of sp³-hybridized carbons (Fsp3) is 0.0556. The lowest BCUT2D eigenvalue weighted by Crippen LogP contribution is -2.18. The maximum atomic E-state index is 2.54. The first-order valence-electron chi connectivity index (χ1n) is 13.3. The fourth-order valence-electron chi connectivity index (χ4n) is 6.56. The monoisotopic (exact) mass is 486 g/mol. The quantitative estimate of drug-likeness (QED) is 0.235. The fourth-order valence-corrected chi connectivity index (χ4v) is 6.56. The molecule has 0 radical (unpaired) electrons. The van der Waals surface area contributed by atoms with Crippen LogP contribution in [-0.4, -0.2) is 9.13 Å². The third kappa shape index (κ3) is 3.01. The predicted molar refractivity (Wildman–Crippen MR) is 160 cm³/mol. The second-order valence-electron chi connectivity index (χ2n) is 10.1. The van der Waals surface area contributed by atoms with Gasteiger partial charge in [-0.25, -0.2) is 0 Å². The van der Waals surface area contributed by atoms with Gasteiger partial charge in [0.15, 0.2) is 0 Å². The molecule has 0 saturated carbocycles. The van der Waals surface area contributed by atoms with Crippen molar-refractivity contribution in [1.29, 1.82) is 0 Å². The molecule has 0 spiro atoms. The third-order valence-corrected chi connectivity index (χ3v) is 8.14. The van der Waals surface area contributed by atoms with Crippen molar-refractivity contribution >= 4 is 43.6 Å². The summed E-state index contributed by atoms with van der Waals surface area (Å²) < 4.78 is 4.99. The minimum Gasteiger partial charge on any atom is -0.332 e. The zero-order chi connectivity index (χ0) is 25.1. The first kappa shape index (κ1) is 21.3.